The molecule has 0 atom stereocenters. The minimum absolute atomic E-state index is 0.122. The summed E-state index contributed by atoms with van der Waals surface area (Å²) in [5, 5.41) is 4.37. The van der Waals surface area contributed by atoms with Gasteiger partial charge in [0, 0.05) is 18.3 Å². The average Bonchev–Trinajstić information content (AvgIpc) is 2.41. The van der Waals surface area contributed by atoms with Gasteiger partial charge in [-0.25, -0.2) is 4.68 Å². The molecule has 0 saturated heterocycles. The van der Waals surface area contributed by atoms with E-state index in [1.807, 2.05) is 32.0 Å². The van der Waals surface area contributed by atoms with Gasteiger partial charge in [-0.15, -0.1) is 11.6 Å². The quantitative estimate of drug-likeness (QED) is 0.808. The van der Waals surface area contributed by atoms with Crippen molar-refractivity contribution in [2.24, 2.45) is 5.92 Å². The predicted molar refractivity (Wildman–Crippen MR) is 76.1 cm³/mol. The lowest BCUT2D eigenvalue weighted by atomic mass is 10.2. The Morgan fingerprint density at radius 1 is 1.32 bits per heavy atom. The van der Waals surface area contributed by atoms with Gasteiger partial charge in [-0.1, -0.05) is 19.9 Å². The molecule has 0 N–H and O–H groups in total. The van der Waals surface area contributed by atoms with E-state index < -0.39 is 0 Å². The zero-order valence-electron chi connectivity index (χ0n) is 11.0. The van der Waals surface area contributed by atoms with Gasteiger partial charge < -0.3 is 0 Å². The molecule has 0 spiro atoms. The summed E-state index contributed by atoms with van der Waals surface area (Å²) in [4.78, 5) is 16.4. The summed E-state index contributed by atoms with van der Waals surface area (Å²) < 4.78 is 1.48. The van der Waals surface area contributed by atoms with E-state index >= 15 is 0 Å². The number of pyridine rings is 1. The first kappa shape index (κ1) is 13.7. The van der Waals surface area contributed by atoms with Crippen molar-refractivity contribution in [3.05, 3.63) is 46.4 Å². The lowest BCUT2D eigenvalue weighted by Crippen LogP contribution is -2.28. The molecular formula is C14H16ClN3O. The highest BCUT2D eigenvalue weighted by Gasteiger charge is 2.10. The third-order valence-corrected chi connectivity index (χ3v) is 2.95. The summed E-state index contributed by atoms with van der Waals surface area (Å²) in [7, 11) is 0. The van der Waals surface area contributed by atoms with E-state index in [2.05, 4.69) is 10.1 Å². The van der Waals surface area contributed by atoms with Gasteiger partial charge >= 0.3 is 0 Å². The standard InChI is InChI=1S/C14H16ClN3O/c1-10(2)9-18-14(19)11(8-15)7-13(17-18)12-5-3-4-6-16-12/h3-7,10H,8-9H2,1-2H3. The minimum Gasteiger partial charge on any atom is -0.267 e. The Balaban J connectivity index is 2.54. The van der Waals surface area contributed by atoms with Gasteiger partial charge in [0.25, 0.3) is 5.56 Å². The lowest BCUT2D eigenvalue weighted by molar-refractivity contribution is 0.463. The van der Waals surface area contributed by atoms with Crippen molar-refractivity contribution in [3.63, 3.8) is 0 Å². The van der Waals surface area contributed by atoms with Crippen molar-refractivity contribution in [2.45, 2.75) is 26.3 Å². The highest BCUT2D eigenvalue weighted by Crippen LogP contribution is 2.14. The summed E-state index contributed by atoms with van der Waals surface area (Å²) in [6, 6.07) is 7.32. The summed E-state index contributed by atoms with van der Waals surface area (Å²) in [5.41, 5.74) is 1.85. The zero-order chi connectivity index (χ0) is 13.8. The van der Waals surface area contributed by atoms with Crippen LogP contribution in [-0.4, -0.2) is 14.8 Å². The van der Waals surface area contributed by atoms with E-state index in [1.54, 1.807) is 12.3 Å². The van der Waals surface area contributed by atoms with Crippen LogP contribution in [0.1, 0.15) is 19.4 Å². The molecule has 2 aromatic rings. The molecule has 0 amide bonds. The third-order valence-electron chi connectivity index (χ3n) is 2.66. The van der Waals surface area contributed by atoms with Gasteiger partial charge in [0.15, 0.2) is 0 Å². The maximum Gasteiger partial charge on any atom is 0.271 e. The predicted octanol–water partition coefficient (Wildman–Crippen LogP) is 2.70. The molecule has 0 aliphatic carbocycles. The van der Waals surface area contributed by atoms with Crippen molar-refractivity contribution in [2.75, 3.05) is 0 Å². The first-order chi connectivity index (χ1) is 9.11. The van der Waals surface area contributed by atoms with Crippen LogP contribution >= 0.6 is 11.6 Å². The van der Waals surface area contributed by atoms with Crippen LogP contribution in [0.4, 0.5) is 0 Å². The fourth-order valence-electron chi connectivity index (χ4n) is 1.80. The summed E-state index contributed by atoms with van der Waals surface area (Å²) in [6.45, 7) is 4.66. The van der Waals surface area contributed by atoms with Gasteiger partial charge in [0.1, 0.15) is 5.69 Å². The molecule has 19 heavy (non-hydrogen) atoms. The van der Waals surface area contributed by atoms with E-state index in [0.29, 0.717) is 23.7 Å². The Hall–Kier alpha value is -1.68. The molecule has 100 valence electrons. The van der Waals surface area contributed by atoms with Crippen molar-refractivity contribution < 1.29 is 0 Å². The molecule has 0 aromatic carbocycles. The van der Waals surface area contributed by atoms with Crippen LogP contribution in [0.3, 0.4) is 0 Å². The van der Waals surface area contributed by atoms with Crippen LogP contribution in [0.2, 0.25) is 0 Å². The number of alkyl halides is 1. The molecule has 0 saturated carbocycles. The topological polar surface area (TPSA) is 47.8 Å². The van der Waals surface area contributed by atoms with Crippen molar-refractivity contribution in [1.82, 2.24) is 14.8 Å². The maximum atomic E-state index is 12.1. The molecule has 2 heterocycles. The van der Waals surface area contributed by atoms with E-state index in [1.165, 1.54) is 4.68 Å². The van der Waals surface area contributed by atoms with E-state index in [0.717, 1.165) is 5.69 Å². The number of hydrogen-bond donors (Lipinski definition) is 0. The summed E-state index contributed by atoms with van der Waals surface area (Å²) in [6.07, 6.45) is 1.70. The first-order valence-electron chi connectivity index (χ1n) is 6.20. The number of aromatic nitrogens is 3. The van der Waals surface area contributed by atoms with Gasteiger partial charge in [0.2, 0.25) is 0 Å². The van der Waals surface area contributed by atoms with Crippen LogP contribution in [0, 0.1) is 5.92 Å². The van der Waals surface area contributed by atoms with Gasteiger partial charge in [-0.2, -0.15) is 5.10 Å². The molecule has 2 rings (SSSR count). The summed E-state index contributed by atoms with van der Waals surface area (Å²) in [5.74, 6) is 0.520. The monoisotopic (exact) mass is 277 g/mol. The van der Waals surface area contributed by atoms with Crippen molar-refractivity contribution in [1.29, 1.82) is 0 Å². The molecule has 0 fully saturated rings. The number of rotatable bonds is 4. The van der Waals surface area contributed by atoms with Gasteiger partial charge in [0.05, 0.1) is 11.6 Å². The highest BCUT2D eigenvalue weighted by atomic mass is 35.5. The fourth-order valence-corrected chi connectivity index (χ4v) is 1.99. The number of hydrogen-bond acceptors (Lipinski definition) is 3. The second-order valence-corrected chi connectivity index (χ2v) is 5.05. The Labute approximate surface area is 117 Å². The largest absolute Gasteiger partial charge is 0.271 e. The molecule has 0 unspecified atom stereocenters. The molecule has 0 bridgehead atoms. The second-order valence-electron chi connectivity index (χ2n) is 4.78. The van der Waals surface area contributed by atoms with Crippen molar-refractivity contribution in [3.8, 4) is 11.4 Å². The third kappa shape index (κ3) is 3.20. The summed E-state index contributed by atoms with van der Waals surface area (Å²) >= 11 is 5.84. The van der Waals surface area contributed by atoms with Crippen LogP contribution in [0.15, 0.2) is 35.3 Å². The first-order valence-corrected chi connectivity index (χ1v) is 6.73. The normalized spacial score (nSPS) is 10.9. The van der Waals surface area contributed by atoms with Crippen LogP contribution in [0.25, 0.3) is 11.4 Å². The van der Waals surface area contributed by atoms with Crippen LogP contribution < -0.4 is 5.56 Å². The van der Waals surface area contributed by atoms with Gasteiger partial charge in [-0.05, 0) is 24.1 Å². The van der Waals surface area contributed by atoms with Crippen LogP contribution in [-0.2, 0) is 12.4 Å². The fraction of sp³-hybridized carbons (Fsp3) is 0.357. The van der Waals surface area contributed by atoms with Crippen molar-refractivity contribution >= 4 is 11.6 Å². The average molecular weight is 278 g/mol. The van der Waals surface area contributed by atoms with E-state index in [9.17, 15) is 4.79 Å². The molecule has 0 aliphatic rings. The zero-order valence-corrected chi connectivity index (χ0v) is 11.8. The Morgan fingerprint density at radius 3 is 2.68 bits per heavy atom. The molecule has 0 aliphatic heterocycles. The Kier molecular flexibility index (Phi) is 4.32. The maximum absolute atomic E-state index is 12.1. The SMILES string of the molecule is CC(C)Cn1nc(-c2ccccn2)cc(CCl)c1=O. The second kappa shape index (κ2) is 5.97. The lowest BCUT2D eigenvalue weighted by Gasteiger charge is -2.11. The highest BCUT2D eigenvalue weighted by molar-refractivity contribution is 6.17. The molecule has 4 nitrogen and oxygen atoms in total. The van der Waals surface area contributed by atoms with Crippen LogP contribution in [0.5, 0.6) is 0 Å². The van der Waals surface area contributed by atoms with E-state index in [-0.39, 0.29) is 11.4 Å². The Bertz CT molecular complexity index is 608. The molecule has 5 heteroatoms. The van der Waals surface area contributed by atoms with Gasteiger partial charge in [-0.3, -0.25) is 9.78 Å². The smallest absolute Gasteiger partial charge is 0.267 e. The molecule has 0 radical (unpaired) electrons. The Morgan fingerprint density at radius 2 is 2.11 bits per heavy atom. The number of nitrogens with zero attached hydrogens (tertiary/aromatic N) is 3. The van der Waals surface area contributed by atoms with E-state index in [4.69, 9.17) is 11.6 Å². The minimum atomic E-state index is -0.122. The number of halogens is 1. The molecular weight excluding hydrogens is 262 g/mol. The molecule has 2 aromatic heterocycles.